The van der Waals surface area contributed by atoms with Crippen molar-refractivity contribution >= 4 is 0 Å². The van der Waals surface area contributed by atoms with Crippen molar-refractivity contribution in [2.24, 2.45) is 0 Å². The molecule has 1 saturated heterocycles. The molecule has 0 radical (unpaired) electrons. The Balaban J connectivity index is 1.90. The quantitative estimate of drug-likeness (QED) is 0.653. The standard InChI is InChI=1S/C8H13N3/c1-2-8(9-3-1)4-7-5-10-11-6-7/h5-6,8-9H,1-4H2,(H,10,11). The van der Waals surface area contributed by atoms with E-state index in [1.165, 1.54) is 24.9 Å². The summed E-state index contributed by atoms with van der Waals surface area (Å²) in [5.41, 5.74) is 1.31. The van der Waals surface area contributed by atoms with E-state index in [0.717, 1.165) is 6.42 Å². The second-order valence-corrected chi connectivity index (χ2v) is 3.10. The molecule has 11 heavy (non-hydrogen) atoms. The van der Waals surface area contributed by atoms with Crippen molar-refractivity contribution in [3.8, 4) is 0 Å². The van der Waals surface area contributed by atoms with Crippen LogP contribution in [0.2, 0.25) is 0 Å². The highest BCUT2D eigenvalue weighted by Crippen LogP contribution is 2.10. The van der Waals surface area contributed by atoms with E-state index in [0.29, 0.717) is 6.04 Å². The first-order valence-corrected chi connectivity index (χ1v) is 4.16. The Morgan fingerprint density at radius 3 is 3.27 bits per heavy atom. The second-order valence-electron chi connectivity index (χ2n) is 3.10. The molecule has 1 unspecified atom stereocenters. The van der Waals surface area contributed by atoms with Crippen molar-refractivity contribution < 1.29 is 0 Å². The SMILES string of the molecule is c1n[nH]cc1CC1CCCN1. The molecule has 0 aromatic carbocycles. The van der Waals surface area contributed by atoms with Crippen LogP contribution in [-0.4, -0.2) is 22.8 Å². The number of aromatic amines is 1. The number of hydrogen-bond acceptors (Lipinski definition) is 2. The van der Waals surface area contributed by atoms with Crippen LogP contribution in [0.5, 0.6) is 0 Å². The van der Waals surface area contributed by atoms with Gasteiger partial charge in [-0.3, -0.25) is 5.10 Å². The van der Waals surface area contributed by atoms with Gasteiger partial charge in [0.1, 0.15) is 0 Å². The number of aromatic nitrogens is 2. The summed E-state index contributed by atoms with van der Waals surface area (Å²) in [6, 6.07) is 0.688. The lowest BCUT2D eigenvalue weighted by Crippen LogP contribution is -2.23. The van der Waals surface area contributed by atoms with Crippen molar-refractivity contribution in [2.75, 3.05) is 6.54 Å². The van der Waals surface area contributed by atoms with E-state index in [9.17, 15) is 0 Å². The molecular weight excluding hydrogens is 138 g/mol. The van der Waals surface area contributed by atoms with Gasteiger partial charge in [0.25, 0.3) is 0 Å². The van der Waals surface area contributed by atoms with Gasteiger partial charge in [-0.15, -0.1) is 0 Å². The minimum absolute atomic E-state index is 0.688. The minimum Gasteiger partial charge on any atom is -0.314 e. The largest absolute Gasteiger partial charge is 0.314 e. The molecule has 3 nitrogen and oxygen atoms in total. The van der Waals surface area contributed by atoms with Crippen molar-refractivity contribution in [3.05, 3.63) is 18.0 Å². The lowest BCUT2D eigenvalue weighted by atomic mass is 10.1. The highest BCUT2D eigenvalue weighted by Gasteiger charge is 2.14. The van der Waals surface area contributed by atoms with Gasteiger partial charge >= 0.3 is 0 Å². The third-order valence-corrected chi connectivity index (χ3v) is 2.20. The third kappa shape index (κ3) is 1.60. The van der Waals surface area contributed by atoms with E-state index in [-0.39, 0.29) is 0 Å². The van der Waals surface area contributed by atoms with Crippen LogP contribution in [0.15, 0.2) is 12.4 Å². The summed E-state index contributed by atoms with van der Waals surface area (Å²) >= 11 is 0. The number of rotatable bonds is 2. The van der Waals surface area contributed by atoms with Crippen LogP contribution < -0.4 is 5.32 Å². The fourth-order valence-corrected chi connectivity index (χ4v) is 1.60. The van der Waals surface area contributed by atoms with Gasteiger partial charge in [-0.2, -0.15) is 5.10 Å². The van der Waals surface area contributed by atoms with Crippen LogP contribution in [0, 0.1) is 0 Å². The summed E-state index contributed by atoms with van der Waals surface area (Å²) in [6.07, 6.45) is 7.63. The highest BCUT2D eigenvalue weighted by molar-refractivity contribution is 5.05. The molecule has 1 aromatic heterocycles. The Morgan fingerprint density at radius 1 is 1.64 bits per heavy atom. The van der Waals surface area contributed by atoms with Gasteiger partial charge in [0.2, 0.25) is 0 Å². The number of nitrogens with one attached hydrogen (secondary N) is 2. The maximum absolute atomic E-state index is 3.91. The molecule has 3 heteroatoms. The molecule has 1 aliphatic rings. The first-order chi connectivity index (χ1) is 5.45. The Bertz CT molecular complexity index is 199. The zero-order valence-corrected chi connectivity index (χ0v) is 6.51. The first kappa shape index (κ1) is 6.85. The minimum atomic E-state index is 0.688. The van der Waals surface area contributed by atoms with E-state index in [1.54, 1.807) is 0 Å². The molecule has 0 aliphatic carbocycles. The van der Waals surface area contributed by atoms with Gasteiger partial charge in [0, 0.05) is 12.2 Å². The summed E-state index contributed by atoms with van der Waals surface area (Å²) < 4.78 is 0. The van der Waals surface area contributed by atoms with Crippen molar-refractivity contribution in [1.29, 1.82) is 0 Å². The van der Waals surface area contributed by atoms with Gasteiger partial charge in [-0.1, -0.05) is 0 Å². The average Bonchev–Trinajstić information content (AvgIpc) is 2.60. The second kappa shape index (κ2) is 3.05. The molecule has 2 N–H and O–H groups in total. The monoisotopic (exact) mass is 151 g/mol. The summed E-state index contributed by atoms with van der Waals surface area (Å²) in [5, 5.41) is 10.2. The Morgan fingerprint density at radius 2 is 2.64 bits per heavy atom. The first-order valence-electron chi connectivity index (χ1n) is 4.16. The normalized spacial score (nSPS) is 24.2. The molecule has 2 heterocycles. The van der Waals surface area contributed by atoms with Gasteiger partial charge < -0.3 is 5.32 Å². The van der Waals surface area contributed by atoms with Gasteiger partial charge in [0.05, 0.1) is 6.20 Å². The molecule has 0 bridgehead atoms. The summed E-state index contributed by atoms with van der Waals surface area (Å²) in [4.78, 5) is 0. The lowest BCUT2D eigenvalue weighted by molar-refractivity contribution is 0.603. The maximum Gasteiger partial charge on any atom is 0.0519 e. The van der Waals surface area contributed by atoms with E-state index in [2.05, 4.69) is 15.5 Å². The molecule has 1 aromatic rings. The van der Waals surface area contributed by atoms with E-state index < -0.39 is 0 Å². The van der Waals surface area contributed by atoms with Gasteiger partial charge in [-0.05, 0) is 31.4 Å². The topological polar surface area (TPSA) is 40.7 Å². The predicted octanol–water partition coefficient (Wildman–Crippen LogP) is 0.704. The summed E-state index contributed by atoms with van der Waals surface area (Å²) in [6.45, 7) is 1.18. The van der Waals surface area contributed by atoms with Crippen LogP contribution in [0.4, 0.5) is 0 Å². The molecular formula is C8H13N3. The number of H-pyrrole nitrogens is 1. The fourth-order valence-electron chi connectivity index (χ4n) is 1.60. The molecule has 1 aliphatic heterocycles. The molecule has 0 amide bonds. The van der Waals surface area contributed by atoms with E-state index >= 15 is 0 Å². The Kier molecular flexibility index (Phi) is 1.90. The van der Waals surface area contributed by atoms with Crippen LogP contribution in [0.1, 0.15) is 18.4 Å². The van der Waals surface area contributed by atoms with Gasteiger partial charge in [0.15, 0.2) is 0 Å². The molecule has 0 saturated carbocycles. The van der Waals surface area contributed by atoms with Crippen LogP contribution >= 0.6 is 0 Å². The van der Waals surface area contributed by atoms with E-state index in [4.69, 9.17) is 0 Å². The zero-order valence-electron chi connectivity index (χ0n) is 6.51. The summed E-state index contributed by atoms with van der Waals surface area (Å²) in [7, 11) is 0. The van der Waals surface area contributed by atoms with Crippen molar-refractivity contribution in [2.45, 2.75) is 25.3 Å². The Hall–Kier alpha value is -0.830. The fraction of sp³-hybridized carbons (Fsp3) is 0.625. The van der Waals surface area contributed by atoms with Crippen molar-refractivity contribution in [3.63, 3.8) is 0 Å². The maximum atomic E-state index is 3.91. The van der Waals surface area contributed by atoms with Crippen molar-refractivity contribution in [1.82, 2.24) is 15.5 Å². The molecule has 2 rings (SSSR count). The van der Waals surface area contributed by atoms with Crippen LogP contribution in [0.25, 0.3) is 0 Å². The summed E-state index contributed by atoms with van der Waals surface area (Å²) in [5.74, 6) is 0. The van der Waals surface area contributed by atoms with E-state index in [1.807, 2.05) is 12.4 Å². The van der Waals surface area contributed by atoms with Gasteiger partial charge in [-0.25, -0.2) is 0 Å². The predicted molar refractivity (Wildman–Crippen MR) is 43.3 cm³/mol. The molecule has 1 atom stereocenters. The average molecular weight is 151 g/mol. The molecule has 60 valence electrons. The highest BCUT2D eigenvalue weighted by atomic mass is 15.1. The molecule has 1 fully saturated rings. The van der Waals surface area contributed by atoms with Crippen LogP contribution in [0.3, 0.4) is 0 Å². The smallest absolute Gasteiger partial charge is 0.0519 e. The zero-order chi connectivity index (χ0) is 7.52. The number of hydrogen-bond donors (Lipinski definition) is 2. The number of nitrogens with zero attached hydrogens (tertiary/aromatic N) is 1. The van der Waals surface area contributed by atoms with Crippen LogP contribution in [-0.2, 0) is 6.42 Å². The lowest BCUT2D eigenvalue weighted by Gasteiger charge is -2.06. The third-order valence-electron chi connectivity index (χ3n) is 2.20. The Labute approximate surface area is 66.2 Å². The molecule has 0 spiro atoms.